The summed E-state index contributed by atoms with van der Waals surface area (Å²) >= 11 is 0. The van der Waals surface area contributed by atoms with E-state index < -0.39 is 0 Å². The van der Waals surface area contributed by atoms with E-state index in [0.29, 0.717) is 17.6 Å². The van der Waals surface area contributed by atoms with Crippen molar-refractivity contribution in [3.05, 3.63) is 94.8 Å². The third kappa shape index (κ3) is 3.13. The molecule has 2 aromatic carbocycles. The Hall–Kier alpha value is -3.67. The van der Waals surface area contributed by atoms with Gasteiger partial charge in [0.1, 0.15) is 5.69 Å². The second kappa shape index (κ2) is 6.92. The number of carbonyl (C=O) groups excluding carboxylic acids is 1. The van der Waals surface area contributed by atoms with Crippen molar-refractivity contribution in [2.75, 3.05) is 0 Å². The lowest BCUT2D eigenvalue weighted by Crippen LogP contribution is -2.28. The van der Waals surface area contributed by atoms with Crippen molar-refractivity contribution in [3.8, 4) is 5.69 Å². The van der Waals surface area contributed by atoms with E-state index in [1.54, 1.807) is 30.2 Å². The quantitative estimate of drug-likeness (QED) is 0.610. The number of fused-ring (bicyclic) bond motifs is 1. The predicted octanol–water partition coefficient (Wildman–Crippen LogP) is 2.65. The van der Waals surface area contributed by atoms with E-state index in [4.69, 9.17) is 0 Å². The molecule has 0 saturated carbocycles. The van der Waals surface area contributed by atoms with Crippen LogP contribution in [0.5, 0.6) is 0 Å². The fourth-order valence-corrected chi connectivity index (χ4v) is 3.20. The predicted molar refractivity (Wildman–Crippen MR) is 104 cm³/mol. The Balaban J connectivity index is 1.62. The van der Waals surface area contributed by atoms with Gasteiger partial charge in [0.2, 0.25) is 0 Å². The van der Waals surface area contributed by atoms with E-state index >= 15 is 0 Å². The first-order valence-corrected chi connectivity index (χ1v) is 8.58. The van der Waals surface area contributed by atoms with Crippen molar-refractivity contribution in [1.82, 2.24) is 19.4 Å². The van der Waals surface area contributed by atoms with E-state index in [2.05, 4.69) is 10.3 Å². The van der Waals surface area contributed by atoms with E-state index in [-0.39, 0.29) is 11.3 Å². The Morgan fingerprint density at radius 1 is 1.11 bits per heavy atom. The van der Waals surface area contributed by atoms with Gasteiger partial charge in [0, 0.05) is 37.4 Å². The normalized spacial score (nSPS) is 10.9. The molecule has 1 amide bonds. The zero-order chi connectivity index (χ0) is 18.8. The van der Waals surface area contributed by atoms with Crippen LogP contribution in [0.15, 0.2) is 78.1 Å². The number of benzene rings is 2. The summed E-state index contributed by atoms with van der Waals surface area (Å²) < 4.78 is 3.64. The van der Waals surface area contributed by atoms with Crippen LogP contribution in [0.1, 0.15) is 16.1 Å². The maximum atomic E-state index is 12.7. The van der Waals surface area contributed by atoms with Crippen molar-refractivity contribution in [2.45, 2.75) is 6.54 Å². The van der Waals surface area contributed by atoms with Crippen molar-refractivity contribution in [1.29, 1.82) is 0 Å². The maximum Gasteiger partial charge on any atom is 0.268 e. The first-order chi connectivity index (χ1) is 13.1. The van der Waals surface area contributed by atoms with E-state index in [0.717, 1.165) is 16.8 Å². The van der Waals surface area contributed by atoms with E-state index in [1.165, 1.54) is 6.07 Å². The van der Waals surface area contributed by atoms with Gasteiger partial charge in [0.15, 0.2) is 5.43 Å². The second-order valence-corrected chi connectivity index (χ2v) is 6.25. The molecule has 0 fully saturated rings. The van der Waals surface area contributed by atoms with Gasteiger partial charge in [-0.25, -0.2) is 4.98 Å². The molecule has 0 aliphatic rings. The van der Waals surface area contributed by atoms with Gasteiger partial charge in [0.05, 0.1) is 17.5 Å². The largest absolute Gasteiger partial charge is 0.347 e. The zero-order valence-corrected chi connectivity index (χ0v) is 14.8. The van der Waals surface area contributed by atoms with Crippen molar-refractivity contribution in [2.24, 2.45) is 7.05 Å². The summed E-state index contributed by atoms with van der Waals surface area (Å²) in [5.74, 6) is -0.291. The van der Waals surface area contributed by atoms with Gasteiger partial charge in [-0.2, -0.15) is 0 Å². The number of nitrogens with zero attached hydrogens (tertiary/aromatic N) is 3. The first kappa shape index (κ1) is 16.8. The molecule has 6 nitrogen and oxygen atoms in total. The smallest absolute Gasteiger partial charge is 0.268 e. The highest BCUT2D eigenvalue weighted by Crippen LogP contribution is 2.15. The molecular weight excluding hydrogens is 340 g/mol. The van der Waals surface area contributed by atoms with E-state index in [9.17, 15) is 9.59 Å². The Labute approximate surface area is 155 Å². The van der Waals surface area contributed by atoms with Gasteiger partial charge in [0.25, 0.3) is 5.91 Å². The van der Waals surface area contributed by atoms with Gasteiger partial charge in [-0.15, -0.1) is 0 Å². The van der Waals surface area contributed by atoms with Crippen LogP contribution >= 0.6 is 0 Å². The highest BCUT2D eigenvalue weighted by molar-refractivity contribution is 5.95. The zero-order valence-electron chi connectivity index (χ0n) is 14.8. The molecule has 134 valence electrons. The molecular formula is C21H18N4O2. The number of aryl methyl sites for hydroxylation is 1. The average Bonchev–Trinajstić information content (AvgIpc) is 3.24. The van der Waals surface area contributed by atoms with Gasteiger partial charge in [-0.05, 0) is 23.8 Å². The molecule has 0 aliphatic carbocycles. The first-order valence-electron chi connectivity index (χ1n) is 8.58. The number of para-hydroxylation sites is 2. The summed E-state index contributed by atoms with van der Waals surface area (Å²) in [5, 5.41) is 3.52. The van der Waals surface area contributed by atoms with Crippen LogP contribution in [0.25, 0.3) is 16.6 Å². The molecule has 0 spiro atoms. The summed E-state index contributed by atoms with van der Waals surface area (Å²) in [5.41, 5.74) is 2.80. The number of nitrogens with one attached hydrogen (secondary N) is 1. The fraction of sp³-hybridized carbons (Fsp3) is 0.0952. The topological polar surface area (TPSA) is 68.9 Å². The minimum absolute atomic E-state index is 0.160. The van der Waals surface area contributed by atoms with Crippen LogP contribution in [0, 0.1) is 0 Å². The molecule has 6 heteroatoms. The minimum atomic E-state index is -0.291. The Kier molecular flexibility index (Phi) is 4.30. The van der Waals surface area contributed by atoms with Crippen LogP contribution < -0.4 is 10.7 Å². The molecule has 4 aromatic rings. The highest BCUT2D eigenvalue weighted by Gasteiger charge is 2.13. The van der Waals surface area contributed by atoms with Crippen LogP contribution in [0.2, 0.25) is 0 Å². The molecule has 0 atom stereocenters. The molecule has 0 unspecified atom stereocenters. The lowest BCUT2D eigenvalue weighted by Gasteiger charge is -2.14. The molecule has 27 heavy (non-hydrogen) atoms. The van der Waals surface area contributed by atoms with Crippen molar-refractivity contribution < 1.29 is 4.79 Å². The summed E-state index contributed by atoms with van der Waals surface area (Å²) in [6.45, 7) is 0.341. The molecule has 0 radical (unpaired) electrons. The molecule has 0 saturated heterocycles. The Bertz CT molecular complexity index is 1180. The van der Waals surface area contributed by atoms with E-state index in [1.807, 2.05) is 53.2 Å². The molecule has 1 N–H and O–H groups in total. The third-order valence-corrected chi connectivity index (χ3v) is 4.61. The number of imidazole rings is 1. The number of hydrogen-bond donors (Lipinski definition) is 1. The van der Waals surface area contributed by atoms with Gasteiger partial charge in [-0.1, -0.05) is 30.3 Å². The van der Waals surface area contributed by atoms with Gasteiger partial charge >= 0.3 is 0 Å². The summed E-state index contributed by atoms with van der Waals surface area (Å²) in [7, 11) is 1.79. The molecule has 2 aromatic heterocycles. The van der Waals surface area contributed by atoms with Crippen LogP contribution in [0.3, 0.4) is 0 Å². The van der Waals surface area contributed by atoms with Crippen molar-refractivity contribution in [3.63, 3.8) is 0 Å². The second-order valence-electron chi connectivity index (χ2n) is 6.25. The minimum Gasteiger partial charge on any atom is -0.347 e. The fourth-order valence-electron chi connectivity index (χ4n) is 3.20. The molecule has 0 aliphatic heterocycles. The summed E-state index contributed by atoms with van der Waals surface area (Å²) in [6.07, 6.45) is 5.28. The lowest BCUT2D eigenvalue weighted by molar-refractivity contribution is 0.0942. The van der Waals surface area contributed by atoms with Gasteiger partial charge in [-0.3, -0.25) is 9.59 Å². The standard InChI is InChI=1S/C21H18N4O2/c1-24-18-9-5-3-7-16(18)20(26)12-19(24)21(27)23-13-15-6-2-4-8-17(15)25-11-10-22-14-25/h2-12,14H,13H2,1H3,(H,23,27). The number of rotatable bonds is 4. The SMILES string of the molecule is Cn1c(C(=O)NCc2ccccc2-n2ccnc2)cc(=O)c2ccccc21. The van der Waals surface area contributed by atoms with Crippen molar-refractivity contribution >= 4 is 16.8 Å². The molecule has 0 bridgehead atoms. The number of pyridine rings is 1. The molecule has 2 heterocycles. The monoisotopic (exact) mass is 358 g/mol. The Morgan fingerprint density at radius 2 is 1.89 bits per heavy atom. The van der Waals surface area contributed by atoms with Crippen LogP contribution in [-0.2, 0) is 13.6 Å². The summed E-state index contributed by atoms with van der Waals surface area (Å²) in [4.78, 5) is 29.1. The Morgan fingerprint density at radius 3 is 2.70 bits per heavy atom. The third-order valence-electron chi connectivity index (χ3n) is 4.61. The number of hydrogen-bond acceptors (Lipinski definition) is 3. The number of carbonyl (C=O) groups is 1. The average molecular weight is 358 g/mol. The molecule has 4 rings (SSSR count). The number of amides is 1. The lowest BCUT2D eigenvalue weighted by atomic mass is 10.1. The maximum absolute atomic E-state index is 12.7. The highest BCUT2D eigenvalue weighted by atomic mass is 16.2. The van der Waals surface area contributed by atoms with Crippen LogP contribution in [-0.4, -0.2) is 20.0 Å². The van der Waals surface area contributed by atoms with Crippen LogP contribution in [0.4, 0.5) is 0 Å². The summed E-state index contributed by atoms with van der Waals surface area (Å²) in [6, 6.07) is 16.4. The number of aromatic nitrogens is 3. The van der Waals surface area contributed by atoms with Gasteiger partial charge < -0.3 is 14.5 Å².